The molecule has 0 aliphatic rings. The second-order valence-electron chi connectivity index (χ2n) is 5.70. The standard InChI is InChI=1S/C15H24N2O3S/c1-6-10(4)15(18)17-14-11(5)7-12(21(16,19)20)8-13(14)9(2)3/h7-10H,6H2,1-5H3,(H,17,18)(H2,16,19,20). The summed E-state index contributed by atoms with van der Waals surface area (Å²) in [5.74, 6) is -0.0918. The predicted octanol–water partition coefficient (Wildman–Crippen LogP) is 2.75. The molecule has 0 spiro atoms. The second kappa shape index (κ2) is 6.58. The summed E-state index contributed by atoms with van der Waals surface area (Å²) in [4.78, 5) is 12.2. The summed E-state index contributed by atoms with van der Waals surface area (Å²) < 4.78 is 23.1. The van der Waals surface area contributed by atoms with Gasteiger partial charge in [-0.15, -0.1) is 0 Å². The number of hydrogen-bond acceptors (Lipinski definition) is 3. The van der Waals surface area contributed by atoms with Crippen molar-refractivity contribution in [1.82, 2.24) is 0 Å². The van der Waals surface area contributed by atoms with Crippen molar-refractivity contribution < 1.29 is 13.2 Å². The molecule has 1 amide bonds. The number of aryl methyl sites for hydroxylation is 1. The van der Waals surface area contributed by atoms with Crippen LogP contribution in [-0.2, 0) is 14.8 Å². The molecular formula is C15H24N2O3S. The first-order valence-corrected chi connectivity index (χ1v) is 8.60. The lowest BCUT2D eigenvalue weighted by molar-refractivity contribution is -0.119. The molecule has 0 aliphatic carbocycles. The van der Waals surface area contributed by atoms with E-state index in [1.54, 1.807) is 13.0 Å². The summed E-state index contributed by atoms with van der Waals surface area (Å²) in [5.41, 5.74) is 2.15. The molecule has 0 bridgehead atoms. The van der Waals surface area contributed by atoms with Gasteiger partial charge in [-0.3, -0.25) is 4.79 Å². The van der Waals surface area contributed by atoms with Gasteiger partial charge in [0.1, 0.15) is 0 Å². The third-order valence-corrected chi connectivity index (χ3v) is 4.49. The summed E-state index contributed by atoms with van der Waals surface area (Å²) in [5, 5.41) is 8.12. The minimum absolute atomic E-state index is 0.0640. The Kier molecular flexibility index (Phi) is 5.53. The van der Waals surface area contributed by atoms with Crippen molar-refractivity contribution in [3.8, 4) is 0 Å². The zero-order valence-electron chi connectivity index (χ0n) is 13.2. The van der Waals surface area contributed by atoms with Crippen molar-refractivity contribution in [3.05, 3.63) is 23.3 Å². The maximum Gasteiger partial charge on any atom is 0.238 e. The number of rotatable bonds is 5. The number of benzene rings is 1. The van der Waals surface area contributed by atoms with Gasteiger partial charge in [-0.1, -0.05) is 27.7 Å². The lowest BCUT2D eigenvalue weighted by Crippen LogP contribution is -2.22. The fourth-order valence-corrected chi connectivity index (χ4v) is 2.63. The van der Waals surface area contributed by atoms with E-state index in [4.69, 9.17) is 5.14 Å². The van der Waals surface area contributed by atoms with E-state index < -0.39 is 10.0 Å². The number of primary sulfonamides is 1. The third-order valence-electron chi connectivity index (χ3n) is 3.60. The van der Waals surface area contributed by atoms with Crippen molar-refractivity contribution in [2.45, 2.75) is 51.9 Å². The zero-order chi connectivity index (χ0) is 16.4. The molecular weight excluding hydrogens is 288 g/mol. The summed E-state index contributed by atoms with van der Waals surface area (Å²) >= 11 is 0. The van der Waals surface area contributed by atoms with Crippen LogP contribution in [0.2, 0.25) is 0 Å². The van der Waals surface area contributed by atoms with Crippen LogP contribution >= 0.6 is 0 Å². The zero-order valence-corrected chi connectivity index (χ0v) is 14.0. The maximum absolute atomic E-state index is 12.1. The Morgan fingerprint density at radius 1 is 1.29 bits per heavy atom. The Hall–Kier alpha value is -1.40. The number of nitrogens with one attached hydrogen (secondary N) is 1. The molecule has 1 aromatic rings. The van der Waals surface area contributed by atoms with E-state index in [0.29, 0.717) is 11.3 Å². The van der Waals surface area contributed by atoms with Crippen LogP contribution in [0.4, 0.5) is 5.69 Å². The molecule has 1 unspecified atom stereocenters. The lowest BCUT2D eigenvalue weighted by atomic mass is 9.97. The number of carbonyl (C=O) groups is 1. The monoisotopic (exact) mass is 312 g/mol. The summed E-state index contributed by atoms with van der Waals surface area (Å²) in [6.45, 7) is 9.47. The number of nitrogens with two attached hydrogens (primary N) is 1. The Morgan fingerprint density at radius 2 is 1.86 bits per heavy atom. The lowest BCUT2D eigenvalue weighted by Gasteiger charge is -2.19. The molecule has 3 N–H and O–H groups in total. The van der Waals surface area contributed by atoms with E-state index in [1.165, 1.54) is 6.07 Å². The van der Waals surface area contributed by atoms with Crippen molar-refractivity contribution in [2.75, 3.05) is 5.32 Å². The van der Waals surface area contributed by atoms with Gasteiger partial charge in [0.25, 0.3) is 0 Å². The molecule has 0 radical (unpaired) electrons. The smallest absolute Gasteiger partial charge is 0.238 e. The van der Waals surface area contributed by atoms with Crippen molar-refractivity contribution >= 4 is 21.6 Å². The molecule has 1 rings (SSSR count). The third kappa shape index (κ3) is 4.28. The van der Waals surface area contributed by atoms with Gasteiger partial charge in [-0.2, -0.15) is 0 Å². The average molecular weight is 312 g/mol. The molecule has 1 atom stereocenters. The minimum atomic E-state index is -3.76. The van der Waals surface area contributed by atoms with Gasteiger partial charge in [0, 0.05) is 11.6 Å². The quantitative estimate of drug-likeness (QED) is 0.876. The summed E-state index contributed by atoms with van der Waals surface area (Å²) in [7, 11) is -3.76. The number of sulfonamides is 1. The highest BCUT2D eigenvalue weighted by Crippen LogP contribution is 2.31. The number of carbonyl (C=O) groups excluding carboxylic acids is 1. The van der Waals surface area contributed by atoms with Crippen LogP contribution in [-0.4, -0.2) is 14.3 Å². The molecule has 0 aliphatic heterocycles. The molecule has 0 heterocycles. The van der Waals surface area contributed by atoms with E-state index in [1.807, 2.05) is 27.7 Å². The first-order valence-electron chi connectivity index (χ1n) is 7.06. The predicted molar refractivity (Wildman–Crippen MR) is 84.7 cm³/mol. The van der Waals surface area contributed by atoms with Crippen LogP contribution in [0.1, 0.15) is 51.2 Å². The van der Waals surface area contributed by atoms with Gasteiger partial charge < -0.3 is 5.32 Å². The fraction of sp³-hybridized carbons (Fsp3) is 0.533. The largest absolute Gasteiger partial charge is 0.325 e. The molecule has 0 aromatic heterocycles. The van der Waals surface area contributed by atoms with Crippen LogP contribution in [0.15, 0.2) is 17.0 Å². The molecule has 1 aromatic carbocycles. The first kappa shape index (κ1) is 17.7. The Morgan fingerprint density at radius 3 is 2.29 bits per heavy atom. The molecule has 0 fully saturated rings. The molecule has 6 heteroatoms. The van der Waals surface area contributed by atoms with Crippen LogP contribution in [0.25, 0.3) is 0 Å². The van der Waals surface area contributed by atoms with Gasteiger partial charge in [-0.25, -0.2) is 13.6 Å². The number of hydrogen-bond donors (Lipinski definition) is 2. The molecule has 21 heavy (non-hydrogen) atoms. The second-order valence-corrected chi connectivity index (χ2v) is 7.26. The van der Waals surface area contributed by atoms with Gasteiger partial charge in [0.2, 0.25) is 15.9 Å². The minimum Gasteiger partial charge on any atom is -0.325 e. The van der Waals surface area contributed by atoms with E-state index in [-0.39, 0.29) is 22.6 Å². The first-order chi connectivity index (χ1) is 9.57. The fourth-order valence-electron chi connectivity index (χ4n) is 2.00. The van der Waals surface area contributed by atoms with Crippen LogP contribution in [0.5, 0.6) is 0 Å². The van der Waals surface area contributed by atoms with Crippen molar-refractivity contribution in [2.24, 2.45) is 11.1 Å². The molecule has 5 nitrogen and oxygen atoms in total. The van der Waals surface area contributed by atoms with E-state index >= 15 is 0 Å². The van der Waals surface area contributed by atoms with E-state index in [0.717, 1.165) is 12.0 Å². The number of amides is 1. The maximum atomic E-state index is 12.1. The molecule has 0 saturated heterocycles. The van der Waals surface area contributed by atoms with E-state index in [9.17, 15) is 13.2 Å². The van der Waals surface area contributed by atoms with E-state index in [2.05, 4.69) is 5.32 Å². The molecule has 0 saturated carbocycles. The van der Waals surface area contributed by atoms with Gasteiger partial charge in [0.05, 0.1) is 4.90 Å². The highest BCUT2D eigenvalue weighted by Gasteiger charge is 2.19. The Labute approximate surface area is 127 Å². The average Bonchev–Trinajstić information content (AvgIpc) is 2.37. The van der Waals surface area contributed by atoms with Crippen LogP contribution in [0.3, 0.4) is 0 Å². The number of anilines is 1. The van der Waals surface area contributed by atoms with Gasteiger partial charge >= 0.3 is 0 Å². The SMILES string of the molecule is CCC(C)C(=O)Nc1c(C)cc(S(N)(=O)=O)cc1C(C)C. The molecule has 118 valence electrons. The summed E-state index contributed by atoms with van der Waals surface area (Å²) in [6, 6.07) is 3.03. The van der Waals surface area contributed by atoms with Gasteiger partial charge in [-0.05, 0) is 42.5 Å². The Balaban J connectivity index is 3.36. The normalized spacial score (nSPS) is 13.3. The van der Waals surface area contributed by atoms with Crippen LogP contribution in [0, 0.1) is 12.8 Å². The highest BCUT2D eigenvalue weighted by atomic mass is 32.2. The van der Waals surface area contributed by atoms with Crippen LogP contribution < -0.4 is 10.5 Å². The highest BCUT2D eigenvalue weighted by molar-refractivity contribution is 7.89. The summed E-state index contributed by atoms with van der Waals surface area (Å²) in [6.07, 6.45) is 0.747. The Bertz CT molecular complexity index is 637. The topological polar surface area (TPSA) is 89.3 Å². The van der Waals surface area contributed by atoms with Crippen molar-refractivity contribution in [1.29, 1.82) is 0 Å². The van der Waals surface area contributed by atoms with Gasteiger partial charge in [0.15, 0.2) is 0 Å². The van der Waals surface area contributed by atoms with Crippen molar-refractivity contribution in [3.63, 3.8) is 0 Å².